The van der Waals surface area contributed by atoms with Crippen LogP contribution in [-0.4, -0.2) is 26.8 Å². The third kappa shape index (κ3) is 3.13. The maximum Gasteiger partial charge on any atom is 0.319 e. The van der Waals surface area contributed by atoms with Gasteiger partial charge in [0.05, 0.1) is 0 Å². The lowest BCUT2D eigenvalue weighted by atomic mass is 10.1. The average Bonchev–Trinajstić information content (AvgIpc) is 3.24. The molecule has 2 aromatic rings. The minimum atomic E-state index is -0.123. The molecule has 2 aliphatic rings. The van der Waals surface area contributed by atoms with Gasteiger partial charge in [0, 0.05) is 30.3 Å². The predicted molar refractivity (Wildman–Crippen MR) is 92.8 cm³/mol. The summed E-state index contributed by atoms with van der Waals surface area (Å²) in [5.41, 5.74) is 1.78. The van der Waals surface area contributed by atoms with E-state index in [0.29, 0.717) is 6.04 Å². The van der Waals surface area contributed by atoms with Crippen LogP contribution in [0.15, 0.2) is 24.3 Å². The number of anilines is 1. The summed E-state index contributed by atoms with van der Waals surface area (Å²) in [5, 5.41) is 14.7. The number of urea groups is 1. The predicted octanol–water partition coefficient (Wildman–Crippen LogP) is 3.35. The molecule has 0 radical (unpaired) electrons. The van der Waals surface area contributed by atoms with Crippen molar-refractivity contribution in [3.63, 3.8) is 0 Å². The zero-order valence-corrected chi connectivity index (χ0v) is 13.8. The van der Waals surface area contributed by atoms with Crippen LogP contribution in [0.2, 0.25) is 0 Å². The van der Waals surface area contributed by atoms with Crippen molar-refractivity contribution in [3.05, 3.63) is 30.1 Å². The average molecular weight is 325 g/mol. The Balaban J connectivity index is 1.49. The van der Waals surface area contributed by atoms with Crippen molar-refractivity contribution in [1.29, 1.82) is 0 Å². The van der Waals surface area contributed by atoms with Crippen LogP contribution in [0.3, 0.4) is 0 Å². The Hall–Kier alpha value is -2.37. The van der Waals surface area contributed by atoms with Gasteiger partial charge >= 0.3 is 6.03 Å². The Morgan fingerprint density at radius 3 is 2.88 bits per heavy atom. The van der Waals surface area contributed by atoms with E-state index < -0.39 is 0 Å². The van der Waals surface area contributed by atoms with Crippen LogP contribution in [-0.2, 0) is 13.0 Å². The number of hydrogen-bond donors (Lipinski definition) is 2. The lowest BCUT2D eigenvalue weighted by molar-refractivity contribution is 0.248. The summed E-state index contributed by atoms with van der Waals surface area (Å²) in [6.07, 6.45) is 7.92. The van der Waals surface area contributed by atoms with Gasteiger partial charge in [0.25, 0.3) is 0 Å². The van der Waals surface area contributed by atoms with Crippen LogP contribution in [0.1, 0.15) is 44.3 Å². The van der Waals surface area contributed by atoms with E-state index in [2.05, 4.69) is 25.4 Å². The molecule has 2 heterocycles. The van der Waals surface area contributed by atoms with Gasteiger partial charge in [-0.3, -0.25) is 0 Å². The number of aromatic nitrogens is 3. The molecule has 0 spiro atoms. The highest BCUT2D eigenvalue weighted by molar-refractivity contribution is 5.90. The summed E-state index contributed by atoms with van der Waals surface area (Å²) in [6, 6.07) is 8.04. The number of rotatable bonds is 3. The number of fused-ring (bicyclic) bond motifs is 1. The fourth-order valence-electron chi connectivity index (χ4n) is 3.68. The van der Waals surface area contributed by atoms with Crippen LogP contribution in [0.5, 0.6) is 0 Å². The second kappa shape index (κ2) is 6.63. The highest BCUT2D eigenvalue weighted by Crippen LogP contribution is 2.25. The molecule has 1 fully saturated rings. The van der Waals surface area contributed by atoms with Gasteiger partial charge < -0.3 is 15.2 Å². The first-order valence-corrected chi connectivity index (χ1v) is 8.89. The first-order chi connectivity index (χ1) is 11.8. The number of carbonyl (C=O) groups is 1. The maximum absolute atomic E-state index is 12.1. The Bertz CT molecular complexity index is 733. The van der Waals surface area contributed by atoms with E-state index in [4.69, 9.17) is 0 Å². The molecule has 0 unspecified atom stereocenters. The number of nitrogens with one attached hydrogen (secondary N) is 2. The second-order valence-electron chi connectivity index (χ2n) is 6.71. The van der Waals surface area contributed by atoms with Crippen molar-refractivity contribution < 1.29 is 4.79 Å². The lowest BCUT2D eigenvalue weighted by Gasteiger charge is -2.15. The molecule has 1 aromatic heterocycles. The molecule has 2 N–H and O–H groups in total. The minimum absolute atomic E-state index is 0.123. The number of carbonyl (C=O) groups excluding carboxylic acids is 1. The molecule has 1 aliphatic carbocycles. The monoisotopic (exact) mass is 325 g/mol. The van der Waals surface area contributed by atoms with E-state index in [1.165, 1.54) is 25.7 Å². The quantitative estimate of drug-likeness (QED) is 0.909. The van der Waals surface area contributed by atoms with E-state index in [1.807, 2.05) is 24.3 Å². The lowest BCUT2D eigenvalue weighted by Crippen LogP contribution is -2.36. The SMILES string of the molecule is O=C(Nc1cccc(-c2nnc3n2CCCC3)c1)NC1CCCC1. The number of nitrogens with zero attached hydrogens (tertiary/aromatic N) is 3. The second-order valence-corrected chi connectivity index (χ2v) is 6.71. The molecular weight excluding hydrogens is 302 g/mol. The largest absolute Gasteiger partial charge is 0.335 e. The molecule has 1 saturated carbocycles. The first kappa shape index (κ1) is 15.2. The molecule has 0 bridgehead atoms. The van der Waals surface area contributed by atoms with E-state index in [9.17, 15) is 4.79 Å². The summed E-state index contributed by atoms with van der Waals surface area (Å²) in [7, 11) is 0. The van der Waals surface area contributed by atoms with Gasteiger partial charge in [-0.05, 0) is 37.8 Å². The standard InChI is InChI=1S/C18H23N5O/c24-18(19-14-7-1-2-8-14)20-15-9-5-6-13(12-15)17-22-21-16-10-3-4-11-23(16)17/h5-6,9,12,14H,1-4,7-8,10-11H2,(H2,19,20,24). The highest BCUT2D eigenvalue weighted by atomic mass is 16.2. The summed E-state index contributed by atoms with van der Waals surface area (Å²) in [5.74, 6) is 1.96. The molecule has 1 aliphatic heterocycles. The summed E-state index contributed by atoms with van der Waals surface area (Å²) < 4.78 is 2.20. The number of hydrogen-bond acceptors (Lipinski definition) is 3. The van der Waals surface area contributed by atoms with Gasteiger partial charge in [-0.25, -0.2) is 4.79 Å². The number of benzene rings is 1. The van der Waals surface area contributed by atoms with Gasteiger partial charge in [0.1, 0.15) is 5.82 Å². The fraction of sp³-hybridized carbons (Fsp3) is 0.500. The summed E-state index contributed by atoms with van der Waals surface area (Å²) in [4.78, 5) is 12.1. The molecule has 6 nitrogen and oxygen atoms in total. The van der Waals surface area contributed by atoms with Gasteiger partial charge in [-0.1, -0.05) is 25.0 Å². The van der Waals surface area contributed by atoms with Crippen LogP contribution in [0.25, 0.3) is 11.4 Å². The summed E-state index contributed by atoms with van der Waals surface area (Å²) in [6.45, 7) is 0.970. The molecule has 0 saturated heterocycles. The van der Waals surface area contributed by atoms with Gasteiger partial charge in [-0.15, -0.1) is 10.2 Å². The van der Waals surface area contributed by atoms with Crippen molar-refractivity contribution in [2.45, 2.75) is 57.5 Å². The molecule has 2 amide bonds. The van der Waals surface area contributed by atoms with Crippen molar-refractivity contribution in [2.24, 2.45) is 0 Å². The van der Waals surface area contributed by atoms with E-state index in [0.717, 1.165) is 48.7 Å². The van der Waals surface area contributed by atoms with Crippen LogP contribution >= 0.6 is 0 Å². The highest BCUT2D eigenvalue weighted by Gasteiger charge is 2.18. The molecule has 126 valence electrons. The van der Waals surface area contributed by atoms with Crippen molar-refractivity contribution in [1.82, 2.24) is 20.1 Å². The van der Waals surface area contributed by atoms with E-state index in [1.54, 1.807) is 0 Å². The minimum Gasteiger partial charge on any atom is -0.335 e. The normalized spacial score (nSPS) is 17.5. The van der Waals surface area contributed by atoms with Crippen molar-refractivity contribution >= 4 is 11.7 Å². The third-order valence-corrected chi connectivity index (χ3v) is 4.93. The number of aryl methyl sites for hydroxylation is 1. The Kier molecular flexibility index (Phi) is 4.19. The zero-order chi connectivity index (χ0) is 16.4. The molecule has 24 heavy (non-hydrogen) atoms. The Labute approximate surface area is 141 Å². The van der Waals surface area contributed by atoms with Crippen molar-refractivity contribution in [3.8, 4) is 11.4 Å². The topological polar surface area (TPSA) is 71.8 Å². The van der Waals surface area contributed by atoms with Gasteiger partial charge in [0.15, 0.2) is 5.82 Å². The van der Waals surface area contributed by atoms with Crippen LogP contribution < -0.4 is 10.6 Å². The molecule has 4 rings (SSSR count). The van der Waals surface area contributed by atoms with E-state index in [-0.39, 0.29) is 6.03 Å². The summed E-state index contributed by atoms with van der Waals surface area (Å²) >= 11 is 0. The third-order valence-electron chi connectivity index (χ3n) is 4.93. The van der Waals surface area contributed by atoms with Crippen LogP contribution in [0.4, 0.5) is 10.5 Å². The fourth-order valence-corrected chi connectivity index (χ4v) is 3.68. The van der Waals surface area contributed by atoms with Gasteiger partial charge in [-0.2, -0.15) is 0 Å². The first-order valence-electron chi connectivity index (χ1n) is 8.89. The van der Waals surface area contributed by atoms with Crippen LogP contribution in [0, 0.1) is 0 Å². The van der Waals surface area contributed by atoms with Crippen molar-refractivity contribution in [2.75, 3.05) is 5.32 Å². The molecule has 0 atom stereocenters. The Morgan fingerprint density at radius 2 is 2.00 bits per heavy atom. The Morgan fingerprint density at radius 1 is 1.12 bits per heavy atom. The molecule has 1 aromatic carbocycles. The molecule has 6 heteroatoms. The zero-order valence-electron chi connectivity index (χ0n) is 13.8. The smallest absolute Gasteiger partial charge is 0.319 e. The maximum atomic E-state index is 12.1. The number of amides is 2. The van der Waals surface area contributed by atoms with Gasteiger partial charge in [0.2, 0.25) is 0 Å². The van der Waals surface area contributed by atoms with E-state index >= 15 is 0 Å². The molecular formula is C18H23N5O.